The fourth-order valence-electron chi connectivity index (χ4n) is 3.97. The maximum Gasteiger partial charge on any atom is 0.338 e. The SMILES string of the molecule is COC(=O)/C=C/c1ccc(C(=O)O[C@@H]2COC3C2OC[C@H]3OC(=O)c2ccc(/C=C/C(=O)OC)cc2)cc1. The van der Waals surface area contributed by atoms with Gasteiger partial charge in [0.1, 0.15) is 12.2 Å². The number of esters is 4. The molecule has 0 saturated carbocycles. The van der Waals surface area contributed by atoms with Crippen LogP contribution in [0.5, 0.6) is 0 Å². The number of fused-ring (bicyclic) bond motifs is 1. The van der Waals surface area contributed by atoms with Crippen molar-refractivity contribution in [1.29, 1.82) is 0 Å². The molecule has 2 aliphatic rings. The van der Waals surface area contributed by atoms with Crippen LogP contribution in [0.25, 0.3) is 12.2 Å². The number of carbonyl (C=O) groups excluding carboxylic acids is 4. The van der Waals surface area contributed by atoms with E-state index in [2.05, 4.69) is 9.47 Å². The van der Waals surface area contributed by atoms with Crippen LogP contribution in [-0.4, -0.2) is 75.7 Å². The molecule has 0 aliphatic carbocycles. The second-order valence-corrected chi connectivity index (χ2v) is 8.44. The molecule has 198 valence electrons. The first-order valence-electron chi connectivity index (χ1n) is 11.8. The first-order valence-corrected chi connectivity index (χ1v) is 11.8. The summed E-state index contributed by atoms with van der Waals surface area (Å²) in [4.78, 5) is 47.7. The molecule has 10 nitrogen and oxygen atoms in total. The van der Waals surface area contributed by atoms with Gasteiger partial charge in [0.2, 0.25) is 0 Å². The number of benzene rings is 2. The quantitative estimate of drug-likeness (QED) is 0.290. The normalized spacial score (nSPS) is 22.3. The summed E-state index contributed by atoms with van der Waals surface area (Å²) in [6.07, 6.45) is 3.26. The van der Waals surface area contributed by atoms with Crippen molar-refractivity contribution in [2.24, 2.45) is 0 Å². The van der Waals surface area contributed by atoms with E-state index >= 15 is 0 Å². The number of rotatable bonds is 8. The Bertz CT molecular complexity index is 1130. The van der Waals surface area contributed by atoms with E-state index in [1.54, 1.807) is 60.7 Å². The van der Waals surface area contributed by atoms with Crippen LogP contribution in [0.2, 0.25) is 0 Å². The van der Waals surface area contributed by atoms with E-state index in [0.717, 1.165) is 0 Å². The van der Waals surface area contributed by atoms with Gasteiger partial charge in [-0.1, -0.05) is 24.3 Å². The van der Waals surface area contributed by atoms with Crippen LogP contribution in [0.4, 0.5) is 0 Å². The third-order valence-corrected chi connectivity index (χ3v) is 6.00. The Kier molecular flexibility index (Phi) is 8.67. The topological polar surface area (TPSA) is 124 Å². The van der Waals surface area contributed by atoms with Gasteiger partial charge in [-0.15, -0.1) is 0 Å². The molecule has 0 bridgehead atoms. The van der Waals surface area contributed by atoms with Crippen LogP contribution in [0, 0.1) is 0 Å². The van der Waals surface area contributed by atoms with E-state index in [1.165, 1.54) is 26.4 Å². The second kappa shape index (κ2) is 12.3. The zero-order valence-electron chi connectivity index (χ0n) is 20.7. The van der Waals surface area contributed by atoms with E-state index in [9.17, 15) is 19.2 Å². The fourth-order valence-corrected chi connectivity index (χ4v) is 3.97. The van der Waals surface area contributed by atoms with Gasteiger partial charge in [0.25, 0.3) is 0 Å². The van der Waals surface area contributed by atoms with Crippen molar-refractivity contribution in [2.75, 3.05) is 27.4 Å². The lowest BCUT2D eigenvalue weighted by Gasteiger charge is -2.17. The summed E-state index contributed by atoms with van der Waals surface area (Å²) >= 11 is 0. The molecular formula is C28H26O10. The number of hydrogen-bond donors (Lipinski definition) is 0. The second-order valence-electron chi connectivity index (χ2n) is 8.44. The number of methoxy groups -OCH3 is 2. The highest BCUT2D eigenvalue weighted by Gasteiger charge is 2.51. The Morgan fingerprint density at radius 3 is 1.37 bits per heavy atom. The summed E-state index contributed by atoms with van der Waals surface area (Å²) in [5.74, 6) is -2.05. The summed E-state index contributed by atoms with van der Waals surface area (Å²) in [5, 5.41) is 0. The zero-order chi connectivity index (χ0) is 27.1. The fraction of sp³-hybridized carbons (Fsp3) is 0.286. The Morgan fingerprint density at radius 2 is 1.03 bits per heavy atom. The third kappa shape index (κ3) is 6.53. The molecular weight excluding hydrogens is 496 g/mol. The smallest absolute Gasteiger partial charge is 0.338 e. The van der Waals surface area contributed by atoms with E-state index in [-0.39, 0.29) is 13.2 Å². The molecule has 0 radical (unpaired) electrons. The molecule has 2 fully saturated rings. The molecule has 2 aromatic rings. The highest BCUT2D eigenvalue weighted by Crippen LogP contribution is 2.31. The minimum Gasteiger partial charge on any atom is -0.466 e. The Hall–Kier alpha value is -4.28. The predicted molar refractivity (Wildman–Crippen MR) is 133 cm³/mol. The standard InChI is InChI=1S/C28H26O10/c1-33-23(29)13-7-17-3-9-19(10-4-17)27(31)37-21-15-35-26-22(16-36-25(21)26)38-28(32)20-11-5-18(6-12-20)8-14-24(30)34-2/h3-14,21-22,25-26H,15-16H2,1-2H3/b13-7+,14-8+/t21-,22-,25?,26?/m1/s1. The van der Waals surface area contributed by atoms with Crippen molar-refractivity contribution in [3.63, 3.8) is 0 Å². The van der Waals surface area contributed by atoms with Crippen molar-refractivity contribution >= 4 is 36.0 Å². The number of carbonyl (C=O) groups is 4. The third-order valence-electron chi connectivity index (χ3n) is 6.00. The molecule has 0 N–H and O–H groups in total. The van der Waals surface area contributed by atoms with E-state index < -0.39 is 48.3 Å². The van der Waals surface area contributed by atoms with Crippen molar-refractivity contribution in [3.05, 3.63) is 82.9 Å². The Balaban J connectivity index is 1.29. The first-order chi connectivity index (χ1) is 18.4. The predicted octanol–water partition coefficient (Wildman–Crippen LogP) is 2.61. The summed E-state index contributed by atoms with van der Waals surface area (Å²) < 4.78 is 31.8. The lowest BCUT2D eigenvalue weighted by molar-refractivity contribution is -0.135. The summed E-state index contributed by atoms with van der Waals surface area (Å²) in [6.45, 7) is 0.215. The van der Waals surface area contributed by atoms with Gasteiger partial charge in [0, 0.05) is 12.2 Å². The monoisotopic (exact) mass is 522 g/mol. The van der Waals surface area contributed by atoms with Gasteiger partial charge in [-0.25, -0.2) is 19.2 Å². The molecule has 2 aliphatic heterocycles. The van der Waals surface area contributed by atoms with Gasteiger partial charge in [-0.05, 0) is 47.5 Å². The number of ether oxygens (including phenoxy) is 6. The molecule has 0 spiro atoms. The van der Waals surface area contributed by atoms with Crippen LogP contribution in [0.1, 0.15) is 31.8 Å². The van der Waals surface area contributed by atoms with Crippen LogP contribution in [-0.2, 0) is 38.0 Å². The molecule has 4 rings (SSSR count). The van der Waals surface area contributed by atoms with Crippen LogP contribution in [0.15, 0.2) is 60.7 Å². The summed E-state index contributed by atoms with van der Waals surface area (Å²) in [6, 6.07) is 13.0. The largest absolute Gasteiger partial charge is 0.466 e. The van der Waals surface area contributed by atoms with Crippen molar-refractivity contribution < 1.29 is 47.6 Å². The van der Waals surface area contributed by atoms with Gasteiger partial charge >= 0.3 is 23.9 Å². The van der Waals surface area contributed by atoms with Gasteiger partial charge in [-0.2, -0.15) is 0 Å². The average molecular weight is 523 g/mol. The van der Waals surface area contributed by atoms with Crippen LogP contribution >= 0.6 is 0 Å². The minimum atomic E-state index is -0.656. The molecule has 0 amide bonds. The van der Waals surface area contributed by atoms with Gasteiger partial charge in [0.05, 0.1) is 38.6 Å². The first kappa shape index (κ1) is 26.8. The molecule has 2 heterocycles. The molecule has 0 aromatic heterocycles. The minimum absolute atomic E-state index is 0.107. The highest BCUT2D eigenvalue weighted by atomic mass is 16.7. The van der Waals surface area contributed by atoms with Gasteiger partial charge < -0.3 is 28.4 Å². The highest BCUT2D eigenvalue weighted by molar-refractivity contribution is 5.91. The zero-order valence-corrected chi connectivity index (χ0v) is 20.7. The molecule has 38 heavy (non-hydrogen) atoms. The van der Waals surface area contributed by atoms with Crippen molar-refractivity contribution in [2.45, 2.75) is 24.4 Å². The Morgan fingerprint density at radius 1 is 0.658 bits per heavy atom. The lowest BCUT2D eigenvalue weighted by Crippen LogP contribution is -2.36. The van der Waals surface area contributed by atoms with E-state index in [1.807, 2.05) is 0 Å². The maximum absolute atomic E-state index is 12.6. The summed E-state index contributed by atoms with van der Waals surface area (Å²) in [5.41, 5.74) is 2.09. The number of hydrogen-bond acceptors (Lipinski definition) is 10. The molecule has 2 saturated heterocycles. The summed E-state index contributed by atoms with van der Waals surface area (Å²) in [7, 11) is 2.58. The lowest BCUT2D eigenvalue weighted by atomic mass is 10.1. The van der Waals surface area contributed by atoms with Gasteiger partial charge in [0.15, 0.2) is 12.2 Å². The molecule has 2 aromatic carbocycles. The molecule has 2 unspecified atom stereocenters. The van der Waals surface area contributed by atoms with Crippen molar-refractivity contribution in [3.8, 4) is 0 Å². The van der Waals surface area contributed by atoms with E-state index in [0.29, 0.717) is 22.3 Å². The molecule has 10 heteroatoms. The van der Waals surface area contributed by atoms with Crippen molar-refractivity contribution in [1.82, 2.24) is 0 Å². The molecule has 4 atom stereocenters. The van der Waals surface area contributed by atoms with Crippen LogP contribution < -0.4 is 0 Å². The van der Waals surface area contributed by atoms with Gasteiger partial charge in [-0.3, -0.25) is 0 Å². The Labute approximate surface area is 218 Å². The average Bonchev–Trinajstić information content (AvgIpc) is 3.53. The maximum atomic E-state index is 12.6. The van der Waals surface area contributed by atoms with E-state index in [4.69, 9.17) is 18.9 Å². The van der Waals surface area contributed by atoms with Crippen LogP contribution in [0.3, 0.4) is 0 Å².